The molecule has 1 aliphatic rings. The average Bonchev–Trinajstić information content (AvgIpc) is 2.96. The average molecular weight is 283 g/mol. The molecule has 1 saturated heterocycles. The summed E-state index contributed by atoms with van der Waals surface area (Å²) >= 11 is 0. The van der Waals surface area contributed by atoms with Crippen LogP contribution in [0.15, 0.2) is 42.7 Å². The fraction of sp³-hybridized carbons (Fsp3) is 0.412. The summed E-state index contributed by atoms with van der Waals surface area (Å²) in [5.41, 5.74) is 1.58. The van der Waals surface area contributed by atoms with E-state index in [-0.39, 0.29) is 5.91 Å². The van der Waals surface area contributed by atoms with Crippen molar-refractivity contribution in [3.8, 4) is 5.69 Å². The van der Waals surface area contributed by atoms with Gasteiger partial charge in [-0.05, 0) is 38.0 Å². The fourth-order valence-electron chi connectivity index (χ4n) is 3.00. The molecule has 1 aliphatic heterocycles. The van der Waals surface area contributed by atoms with Crippen LogP contribution in [-0.2, 0) is 0 Å². The molecule has 0 spiro atoms. The predicted octanol–water partition coefficient (Wildman–Crippen LogP) is 3.28. The normalized spacial score (nSPS) is 19.3. The molecule has 0 N–H and O–H groups in total. The number of nitrogens with zero attached hydrogens (tertiary/aromatic N) is 3. The number of aromatic nitrogens is 2. The number of hydrogen-bond donors (Lipinski definition) is 0. The molecule has 2 heterocycles. The second-order valence-electron chi connectivity index (χ2n) is 5.66. The van der Waals surface area contributed by atoms with E-state index in [0.717, 1.165) is 30.6 Å². The first-order chi connectivity index (χ1) is 10.3. The minimum Gasteiger partial charge on any atom is -0.336 e. The largest absolute Gasteiger partial charge is 0.336 e. The van der Waals surface area contributed by atoms with Crippen LogP contribution in [0.2, 0.25) is 0 Å². The topological polar surface area (TPSA) is 38.1 Å². The minimum absolute atomic E-state index is 0.121. The van der Waals surface area contributed by atoms with Gasteiger partial charge in [-0.15, -0.1) is 0 Å². The van der Waals surface area contributed by atoms with Gasteiger partial charge in [0.25, 0.3) is 5.91 Å². The van der Waals surface area contributed by atoms with Gasteiger partial charge in [0.2, 0.25) is 0 Å². The zero-order valence-electron chi connectivity index (χ0n) is 12.4. The van der Waals surface area contributed by atoms with Crippen molar-refractivity contribution in [2.24, 2.45) is 0 Å². The number of carbonyl (C=O) groups is 1. The number of hydrogen-bond acceptors (Lipinski definition) is 2. The Morgan fingerprint density at radius 3 is 2.86 bits per heavy atom. The third-order valence-corrected chi connectivity index (χ3v) is 4.20. The molecular formula is C17H21N3O. The fourth-order valence-corrected chi connectivity index (χ4v) is 3.00. The van der Waals surface area contributed by atoms with Crippen LogP contribution in [0, 0.1) is 0 Å². The van der Waals surface area contributed by atoms with Gasteiger partial charge in [0, 0.05) is 25.0 Å². The van der Waals surface area contributed by atoms with Gasteiger partial charge in [-0.3, -0.25) is 4.79 Å². The lowest BCUT2D eigenvalue weighted by molar-refractivity contribution is 0.0698. The molecule has 1 atom stereocenters. The van der Waals surface area contributed by atoms with E-state index in [2.05, 4.69) is 12.0 Å². The number of likely N-dealkylation sites (tertiary alicyclic amines) is 1. The van der Waals surface area contributed by atoms with Crippen LogP contribution in [-0.4, -0.2) is 33.2 Å². The van der Waals surface area contributed by atoms with E-state index in [9.17, 15) is 4.79 Å². The first-order valence-electron chi connectivity index (χ1n) is 7.67. The summed E-state index contributed by atoms with van der Waals surface area (Å²) in [6.07, 6.45) is 8.23. The second-order valence-corrected chi connectivity index (χ2v) is 5.66. The van der Waals surface area contributed by atoms with Crippen LogP contribution in [0.25, 0.3) is 5.69 Å². The number of rotatable bonds is 2. The summed E-state index contributed by atoms with van der Waals surface area (Å²) in [6.45, 7) is 3.01. The Labute approximate surface area is 125 Å². The number of amides is 1. The number of benzene rings is 1. The smallest absolute Gasteiger partial charge is 0.256 e. The van der Waals surface area contributed by atoms with Gasteiger partial charge in [0.05, 0.1) is 11.3 Å². The van der Waals surface area contributed by atoms with Gasteiger partial charge in [-0.1, -0.05) is 25.0 Å². The van der Waals surface area contributed by atoms with E-state index in [0.29, 0.717) is 6.04 Å². The first kappa shape index (κ1) is 13.9. The molecule has 21 heavy (non-hydrogen) atoms. The maximum atomic E-state index is 13.0. The van der Waals surface area contributed by atoms with Crippen LogP contribution in [0.1, 0.15) is 43.0 Å². The van der Waals surface area contributed by atoms with Crippen LogP contribution in [0.4, 0.5) is 0 Å². The van der Waals surface area contributed by atoms with Crippen LogP contribution in [0.5, 0.6) is 0 Å². The lowest BCUT2D eigenvalue weighted by Crippen LogP contribution is -2.38. The summed E-state index contributed by atoms with van der Waals surface area (Å²) < 4.78 is 1.76. The van der Waals surface area contributed by atoms with Crippen molar-refractivity contribution in [1.82, 2.24) is 14.7 Å². The lowest BCUT2D eigenvalue weighted by atomic mass is 10.1. The summed E-state index contributed by atoms with van der Waals surface area (Å²) in [5, 5.41) is 4.26. The Bertz CT molecular complexity index is 606. The summed E-state index contributed by atoms with van der Waals surface area (Å²) in [5.74, 6) is 0.121. The van der Waals surface area contributed by atoms with Gasteiger partial charge in [0.1, 0.15) is 0 Å². The third kappa shape index (κ3) is 2.84. The molecule has 1 amide bonds. The van der Waals surface area contributed by atoms with Crippen molar-refractivity contribution in [3.63, 3.8) is 0 Å². The minimum atomic E-state index is 0.121. The molecule has 1 unspecified atom stereocenters. The Hall–Kier alpha value is -2.10. The molecule has 1 aromatic heterocycles. The van der Waals surface area contributed by atoms with Crippen LogP contribution in [0.3, 0.4) is 0 Å². The third-order valence-electron chi connectivity index (χ3n) is 4.20. The number of para-hydroxylation sites is 1. The standard InChI is InChI=1S/C17H21N3O/c1-14-8-3-2-6-12-19(14)17(21)15-9-4-5-10-16(15)20-13-7-11-18-20/h4-5,7,9-11,13-14H,2-3,6,8,12H2,1H3. The SMILES string of the molecule is CC1CCCCCN1C(=O)c1ccccc1-n1cccn1. The zero-order chi connectivity index (χ0) is 14.7. The highest BCUT2D eigenvalue weighted by atomic mass is 16.2. The molecule has 0 radical (unpaired) electrons. The molecule has 1 fully saturated rings. The van der Waals surface area contributed by atoms with Crippen molar-refractivity contribution in [1.29, 1.82) is 0 Å². The molecule has 1 aromatic carbocycles. The molecule has 0 bridgehead atoms. The van der Waals surface area contributed by atoms with E-state index >= 15 is 0 Å². The van der Waals surface area contributed by atoms with Gasteiger partial charge < -0.3 is 4.90 Å². The maximum Gasteiger partial charge on any atom is 0.256 e. The van der Waals surface area contributed by atoms with Crippen molar-refractivity contribution < 1.29 is 4.79 Å². The second kappa shape index (κ2) is 6.12. The van der Waals surface area contributed by atoms with Crippen LogP contribution >= 0.6 is 0 Å². The van der Waals surface area contributed by atoms with E-state index < -0.39 is 0 Å². The first-order valence-corrected chi connectivity index (χ1v) is 7.67. The molecule has 110 valence electrons. The Kier molecular flexibility index (Phi) is 4.04. The van der Waals surface area contributed by atoms with E-state index in [4.69, 9.17) is 0 Å². The quantitative estimate of drug-likeness (QED) is 0.848. The zero-order valence-corrected chi connectivity index (χ0v) is 12.4. The number of carbonyl (C=O) groups excluding carboxylic acids is 1. The van der Waals surface area contributed by atoms with E-state index in [1.807, 2.05) is 41.4 Å². The monoisotopic (exact) mass is 283 g/mol. The molecule has 2 aromatic rings. The molecule has 3 rings (SSSR count). The summed E-state index contributed by atoms with van der Waals surface area (Å²) in [6, 6.07) is 9.89. The predicted molar refractivity (Wildman–Crippen MR) is 82.5 cm³/mol. The Balaban J connectivity index is 1.94. The van der Waals surface area contributed by atoms with Crippen molar-refractivity contribution in [3.05, 3.63) is 48.3 Å². The highest BCUT2D eigenvalue weighted by Crippen LogP contribution is 2.22. The van der Waals surface area contributed by atoms with Crippen LogP contribution < -0.4 is 0 Å². The summed E-state index contributed by atoms with van der Waals surface area (Å²) in [4.78, 5) is 15.0. The molecule has 0 aliphatic carbocycles. The van der Waals surface area contributed by atoms with Gasteiger partial charge >= 0.3 is 0 Å². The molecule has 0 saturated carbocycles. The summed E-state index contributed by atoms with van der Waals surface area (Å²) in [7, 11) is 0. The maximum absolute atomic E-state index is 13.0. The van der Waals surface area contributed by atoms with E-state index in [1.54, 1.807) is 10.9 Å². The Morgan fingerprint density at radius 2 is 2.05 bits per heavy atom. The van der Waals surface area contributed by atoms with Crippen molar-refractivity contribution in [2.45, 2.75) is 38.6 Å². The van der Waals surface area contributed by atoms with Crippen molar-refractivity contribution in [2.75, 3.05) is 6.54 Å². The highest BCUT2D eigenvalue weighted by Gasteiger charge is 2.25. The Morgan fingerprint density at radius 1 is 1.19 bits per heavy atom. The van der Waals surface area contributed by atoms with E-state index in [1.165, 1.54) is 12.8 Å². The van der Waals surface area contributed by atoms with Crippen molar-refractivity contribution >= 4 is 5.91 Å². The molecule has 4 nitrogen and oxygen atoms in total. The van der Waals surface area contributed by atoms with Gasteiger partial charge in [-0.2, -0.15) is 5.10 Å². The highest BCUT2D eigenvalue weighted by molar-refractivity contribution is 5.98. The van der Waals surface area contributed by atoms with Gasteiger partial charge in [-0.25, -0.2) is 4.68 Å². The molecular weight excluding hydrogens is 262 g/mol. The van der Waals surface area contributed by atoms with Gasteiger partial charge in [0.15, 0.2) is 0 Å². The molecule has 4 heteroatoms. The lowest BCUT2D eigenvalue weighted by Gasteiger charge is -2.28.